The second-order valence-electron chi connectivity index (χ2n) is 4.44. The molecule has 0 aromatic rings. The number of oxime groups is 1. The van der Waals surface area contributed by atoms with Crippen molar-refractivity contribution in [2.24, 2.45) is 11.1 Å². The van der Waals surface area contributed by atoms with Crippen molar-refractivity contribution in [3.8, 4) is 0 Å². The molecule has 1 atom stereocenters. The van der Waals surface area contributed by atoms with Gasteiger partial charge in [0.25, 0.3) is 0 Å². The largest absolute Gasteiger partial charge is 0.411 e. The van der Waals surface area contributed by atoms with Crippen molar-refractivity contribution in [1.29, 1.82) is 0 Å². The number of hydrogen-bond acceptors (Lipinski definition) is 4. The Morgan fingerprint density at radius 1 is 1.69 bits per heavy atom. The minimum Gasteiger partial charge on any atom is -0.411 e. The lowest BCUT2D eigenvalue weighted by atomic mass is 9.98. The van der Waals surface area contributed by atoms with E-state index in [2.05, 4.69) is 5.16 Å². The third-order valence-electron chi connectivity index (χ3n) is 2.72. The van der Waals surface area contributed by atoms with E-state index in [4.69, 9.17) is 9.94 Å². The van der Waals surface area contributed by atoms with Crippen molar-refractivity contribution >= 4 is 11.6 Å². The second-order valence-corrected chi connectivity index (χ2v) is 4.44. The van der Waals surface area contributed by atoms with Gasteiger partial charge in [0.2, 0.25) is 5.91 Å². The highest BCUT2D eigenvalue weighted by Crippen LogP contribution is 2.13. The van der Waals surface area contributed by atoms with Crippen LogP contribution in [0.5, 0.6) is 0 Å². The zero-order valence-electron chi connectivity index (χ0n) is 10.1. The van der Waals surface area contributed by atoms with E-state index in [1.54, 1.807) is 4.90 Å². The van der Waals surface area contributed by atoms with Gasteiger partial charge < -0.3 is 14.8 Å². The molecule has 0 aromatic carbocycles. The van der Waals surface area contributed by atoms with Crippen molar-refractivity contribution in [3.63, 3.8) is 0 Å². The quantitative estimate of drug-likeness (QED) is 0.581. The second kappa shape index (κ2) is 5.84. The molecule has 1 heterocycles. The van der Waals surface area contributed by atoms with Gasteiger partial charge in [0, 0.05) is 25.4 Å². The van der Waals surface area contributed by atoms with E-state index in [1.807, 2.05) is 20.8 Å². The number of piperidine rings is 1. The summed E-state index contributed by atoms with van der Waals surface area (Å²) in [6.45, 7) is 7.13. The lowest BCUT2D eigenvalue weighted by Gasteiger charge is -2.31. The minimum atomic E-state index is 0.0116. The predicted octanol–water partition coefficient (Wildman–Crippen LogP) is 1.11. The van der Waals surface area contributed by atoms with E-state index in [1.165, 1.54) is 0 Å². The van der Waals surface area contributed by atoms with Gasteiger partial charge >= 0.3 is 0 Å². The first kappa shape index (κ1) is 13.0. The van der Waals surface area contributed by atoms with Crippen LogP contribution in [0.15, 0.2) is 5.16 Å². The molecule has 0 radical (unpaired) electrons. The van der Waals surface area contributed by atoms with Crippen LogP contribution in [0.3, 0.4) is 0 Å². The van der Waals surface area contributed by atoms with Gasteiger partial charge in [-0.3, -0.25) is 4.79 Å². The average molecular weight is 228 g/mol. The Bertz CT molecular complexity index is 276. The van der Waals surface area contributed by atoms with Crippen molar-refractivity contribution in [3.05, 3.63) is 0 Å². The number of amides is 1. The molecule has 16 heavy (non-hydrogen) atoms. The zero-order valence-corrected chi connectivity index (χ0v) is 10.1. The highest BCUT2D eigenvalue weighted by atomic mass is 16.5. The standard InChI is InChI=1S/C11H20N2O3/c1-8(2)16-7-11(14)13-5-4-10(12-15)9(3)6-13/h8-9,15H,4-7H2,1-3H3. The van der Waals surface area contributed by atoms with Crippen molar-refractivity contribution in [2.45, 2.75) is 33.3 Å². The number of carbonyl (C=O) groups excluding carboxylic acids is 1. The van der Waals surface area contributed by atoms with Crippen LogP contribution in [-0.2, 0) is 9.53 Å². The third-order valence-corrected chi connectivity index (χ3v) is 2.72. The van der Waals surface area contributed by atoms with Crippen molar-refractivity contribution < 1.29 is 14.7 Å². The van der Waals surface area contributed by atoms with E-state index in [0.29, 0.717) is 19.5 Å². The number of carbonyl (C=O) groups is 1. The number of hydrogen-bond donors (Lipinski definition) is 1. The topological polar surface area (TPSA) is 62.1 Å². The number of rotatable bonds is 3. The summed E-state index contributed by atoms with van der Waals surface area (Å²) in [5.74, 6) is 0.138. The number of nitrogens with zero attached hydrogens (tertiary/aromatic N) is 2. The summed E-state index contributed by atoms with van der Waals surface area (Å²) in [5, 5.41) is 12.0. The molecule has 1 rings (SSSR count). The Hall–Kier alpha value is -1.10. The zero-order chi connectivity index (χ0) is 12.1. The Balaban J connectivity index is 2.42. The normalized spacial score (nSPS) is 24.1. The maximum atomic E-state index is 11.7. The van der Waals surface area contributed by atoms with Crippen LogP contribution in [0, 0.1) is 5.92 Å². The van der Waals surface area contributed by atoms with E-state index in [0.717, 1.165) is 5.71 Å². The van der Waals surface area contributed by atoms with Gasteiger partial charge in [0.1, 0.15) is 6.61 Å². The molecule has 1 unspecified atom stereocenters. The molecule has 5 nitrogen and oxygen atoms in total. The molecule has 1 fully saturated rings. The first-order chi connectivity index (χ1) is 7.54. The van der Waals surface area contributed by atoms with Gasteiger partial charge in [-0.15, -0.1) is 0 Å². The molecular weight excluding hydrogens is 208 g/mol. The summed E-state index contributed by atoms with van der Waals surface area (Å²) in [4.78, 5) is 13.5. The SMILES string of the molecule is CC(C)OCC(=O)N1CCC(=NO)C(C)C1. The Morgan fingerprint density at radius 2 is 2.38 bits per heavy atom. The predicted molar refractivity (Wildman–Crippen MR) is 60.7 cm³/mol. The summed E-state index contributed by atoms with van der Waals surface area (Å²) in [5.41, 5.74) is 0.772. The van der Waals surface area contributed by atoms with Gasteiger partial charge in [0.05, 0.1) is 11.8 Å². The fraction of sp³-hybridized carbons (Fsp3) is 0.818. The number of likely N-dealkylation sites (tertiary alicyclic amines) is 1. The fourth-order valence-electron chi connectivity index (χ4n) is 1.73. The molecule has 0 saturated carbocycles. The maximum Gasteiger partial charge on any atom is 0.248 e. The average Bonchev–Trinajstić information content (AvgIpc) is 2.25. The summed E-state index contributed by atoms with van der Waals surface area (Å²) in [6, 6.07) is 0. The molecule has 1 saturated heterocycles. The van der Waals surface area contributed by atoms with E-state index in [-0.39, 0.29) is 24.5 Å². The summed E-state index contributed by atoms with van der Waals surface area (Å²) in [7, 11) is 0. The molecule has 1 amide bonds. The molecular formula is C11H20N2O3. The highest BCUT2D eigenvalue weighted by Gasteiger charge is 2.25. The first-order valence-corrected chi connectivity index (χ1v) is 5.64. The van der Waals surface area contributed by atoms with E-state index < -0.39 is 0 Å². The van der Waals surface area contributed by atoms with Gasteiger partial charge in [-0.05, 0) is 13.8 Å². The van der Waals surface area contributed by atoms with E-state index in [9.17, 15) is 4.79 Å². The van der Waals surface area contributed by atoms with Crippen LogP contribution in [0.4, 0.5) is 0 Å². The third kappa shape index (κ3) is 3.48. The van der Waals surface area contributed by atoms with E-state index >= 15 is 0 Å². The molecule has 0 aromatic heterocycles. The van der Waals surface area contributed by atoms with Crippen LogP contribution >= 0.6 is 0 Å². The maximum absolute atomic E-state index is 11.7. The summed E-state index contributed by atoms with van der Waals surface area (Å²) < 4.78 is 5.27. The monoisotopic (exact) mass is 228 g/mol. The Morgan fingerprint density at radius 3 is 2.88 bits per heavy atom. The number of ether oxygens (including phenoxy) is 1. The minimum absolute atomic E-state index is 0.0116. The van der Waals surface area contributed by atoms with Gasteiger partial charge in [-0.2, -0.15) is 0 Å². The highest BCUT2D eigenvalue weighted by molar-refractivity contribution is 5.89. The molecule has 0 spiro atoms. The molecule has 0 aliphatic carbocycles. The van der Waals surface area contributed by atoms with Crippen LogP contribution in [-0.4, -0.2) is 47.5 Å². The summed E-state index contributed by atoms with van der Waals surface area (Å²) >= 11 is 0. The molecule has 0 bridgehead atoms. The van der Waals surface area contributed by atoms with Crippen LogP contribution in [0.25, 0.3) is 0 Å². The van der Waals surface area contributed by atoms with Gasteiger partial charge in [-0.25, -0.2) is 0 Å². The first-order valence-electron chi connectivity index (χ1n) is 5.64. The lowest BCUT2D eigenvalue weighted by molar-refractivity contribution is -0.138. The molecule has 1 aliphatic rings. The van der Waals surface area contributed by atoms with Gasteiger partial charge in [0.15, 0.2) is 0 Å². The van der Waals surface area contributed by atoms with Crippen molar-refractivity contribution in [1.82, 2.24) is 4.90 Å². The molecule has 92 valence electrons. The van der Waals surface area contributed by atoms with Crippen LogP contribution in [0.1, 0.15) is 27.2 Å². The van der Waals surface area contributed by atoms with Crippen LogP contribution < -0.4 is 0 Å². The molecule has 1 aliphatic heterocycles. The Labute approximate surface area is 96.1 Å². The van der Waals surface area contributed by atoms with Crippen LogP contribution in [0.2, 0.25) is 0 Å². The molecule has 5 heteroatoms. The molecule has 1 N–H and O–H groups in total. The lowest BCUT2D eigenvalue weighted by Crippen LogP contribution is -2.44. The smallest absolute Gasteiger partial charge is 0.248 e. The Kier molecular flexibility index (Phi) is 4.73. The fourth-order valence-corrected chi connectivity index (χ4v) is 1.73. The van der Waals surface area contributed by atoms with Crippen molar-refractivity contribution in [2.75, 3.05) is 19.7 Å². The van der Waals surface area contributed by atoms with Gasteiger partial charge in [-0.1, -0.05) is 12.1 Å². The summed E-state index contributed by atoms with van der Waals surface area (Å²) in [6.07, 6.45) is 0.714.